The summed E-state index contributed by atoms with van der Waals surface area (Å²) < 4.78 is 73.3. The lowest BCUT2D eigenvalue weighted by Gasteiger charge is -2.19. The van der Waals surface area contributed by atoms with Crippen molar-refractivity contribution in [1.29, 1.82) is 0 Å². The molecular weight excluding hydrogens is 488 g/mol. The van der Waals surface area contributed by atoms with Crippen molar-refractivity contribution in [3.8, 4) is 5.75 Å². The van der Waals surface area contributed by atoms with Crippen LogP contribution in [0, 0.1) is 0 Å². The minimum absolute atomic E-state index is 0.0387. The molecule has 5 nitrogen and oxygen atoms in total. The van der Waals surface area contributed by atoms with Crippen LogP contribution in [-0.4, -0.2) is 39.6 Å². The van der Waals surface area contributed by atoms with Crippen molar-refractivity contribution in [2.24, 2.45) is 0 Å². The van der Waals surface area contributed by atoms with Gasteiger partial charge in [0.05, 0.1) is 26.3 Å². The highest BCUT2D eigenvalue weighted by atomic mass is 35.5. The fraction of sp³-hybridized carbons (Fsp3) is 0.333. The number of likely N-dealkylation sites (N-methyl/N-ethyl adjacent to an activating group) is 1. The van der Waals surface area contributed by atoms with E-state index in [1.165, 1.54) is 0 Å². The Morgan fingerprint density at radius 1 is 1.10 bits per heavy atom. The van der Waals surface area contributed by atoms with Crippen molar-refractivity contribution < 1.29 is 26.3 Å². The van der Waals surface area contributed by atoms with Crippen LogP contribution in [0.15, 0.2) is 35.2 Å². The van der Waals surface area contributed by atoms with Gasteiger partial charge in [0.25, 0.3) is 10.0 Å². The molecule has 1 aliphatic heterocycles. The van der Waals surface area contributed by atoms with Gasteiger partial charge in [-0.1, -0.05) is 34.8 Å². The van der Waals surface area contributed by atoms with Crippen LogP contribution in [0.5, 0.6) is 5.75 Å². The predicted octanol–water partition coefficient (Wildman–Crippen LogP) is 5.55. The van der Waals surface area contributed by atoms with Gasteiger partial charge >= 0.3 is 6.18 Å². The Balaban J connectivity index is 1.94. The van der Waals surface area contributed by atoms with Crippen LogP contribution in [-0.2, 0) is 16.2 Å². The van der Waals surface area contributed by atoms with Crippen LogP contribution < -0.4 is 9.46 Å². The molecule has 1 saturated heterocycles. The Bertz CT molecular complexity index is 1060. The number of hydrogen-bond donors (Lipinski definition) is 1. The first-order valence-corrected chi connectivity index (χ1v) is 11.2. The van der Waals surface area contributed by atoms with Gasteiger partial charge in [0, 0.05) is 19.2 Å². The second kappa shape index (κ2) is 8.63. The van der Waals surface area contributed by atoms with E-state index in [4.69, 9.17) is 39.5 Å². The number of ether oxygens (including phenoxy) is 1. The fourth-order valence-corrected chi connectivity index (χ4v) is 5.06. The van der Waals surface area contributed by atoms with Gasteiger partial charge in [-0.25, -0.2) is 8.42 Å². The highest BCUT2D eigenvalue weighted by Crippen LogP contribution is 2.39. The molecule has 0 aliphatic carbocycles. The number of alkyl halides is 3. The number of likely N-dealkylation sites (tertiary alicyclic amines) is 1. The summed E-state index contributed by atoms with van der Waals surface area (Å²) in [5.41, 5.74) is -1.11. The summed E-state index contributed by atoms with van der Waals surface area (Å²) >= 11 is 17.6. The molecule has 1 aliphatic rings. The lowest BCUT2D eigenvalue weighted by atomic mass is 10.1. The first-order chi connectivity index (χ1) is 13.9. The molecule has 1 N–H and O–H groups in total. The molecule has 0 saturated carbocycles. The van der Waals surface area contributed by atoms with Crippen LogP contribution in [0.4, 0.5) is 18.9 Å². The van der Waals surface area contributed by atoms with Gasteiger partial charge in [-0.05, 0) is 37.7 Å². The van der Waals surface area contributed by atoms with Gasteiger partial charge in [0.2, 0.25) is 0 Å². The highest BCUT2D eigenvalue weighted by Gasteiger charge is 2.36. The maximum Gasteiger partial charge on any atom is 0.419 e. The lowest BCUT2D eigenvalue weighted by molar-refractivity contribution is -0.139. The first-order valence-electron chi connectivity index (χ1n) is 8.60. The molecule has 1 heterocycles. The molecule has 30 heavy (non-hydrogen) atoms. The van der Waals surface area contributed by atoms with Crippen molar-refractivity contribution >= 4 is 50.5 Å². The number of halogens is 6. The van der Waals surface area contributed by atoms with E-state index in [1.807, 2.05) is 11.9 Å². The molecule has 164 valence electrons. The molecule has 2 aromatic rings. The minimum Gasteiger partial charge on any atom is -0.488 e. The Hall–Kier alpha value is -1.39. The number of nitrogens with one attached hydrogen (secondary N) is 1. The van der Waals surface area contributed by atoms with Gasteiger partial charge in [-0.2, -0.15) is 13.2 Å². The van der Waals surface area contributed by atoms with Crippen LogP contribution in [0.25, 0.3) is 0 Å². The van der Waals surface area contributed by atoms with E-state index < -0.39 is 33.6 Å². The molecule has 12 heteroatoms. The second-order valence-corrected chi connectivity index (χ2v) is 9.67. The Morgan fingerprint density at radius 3 is 2.37 bits per heavy atom. The summed E-state index contributed by atoms with van der Waals surface area (Å²) in [5, 5.41) is -0.162. The third-order valence-corrected chi connectivity index (χ3v) is 7.01. The molecule has 2 aromatic carbocycles. The normalized spacial score (nSPS) is 17.9. The van der Waals surface area contributed by atoms with Crippen molar-refractivity contribution in [2.75, 3.05) is 24.9 Å². The van der Waals surface area contributed by atoms with Crippen LogP contribution >= 0.6 is 34.8 Å². The molecule has 0 spiro atoms. The molecular formula is C18H16Cl3F3N2O3S. The fourth-order valence-electron chi connectivity index (χ4n) is 3.01. The third kappa shape index (κ3) is 5.26. The monoisotopic (exact) mass is 502 g/mol. The maximum atomic E-state index is 13.4. The van der Waals surface area contributed by atoms with E-state index in [0.29, 0.717) is 19.5 Å². The molecule has 0 amide bonds. The maximum absolute atomic E-state index is 13.4. The summed E-state index contributed by atoms with van der Waals surface area (Å²) in [5.74, 6) is -0.455. The van der Waals surface area contributed by atoms with Crippen LogP contribution in [0.2, 0.25) is 15.1 Å². The second-order valence-electron chi connectivity index (χ2n) is 6.80. The average Bonchev–Trinajstić information content (AvgIpc) is 3.01. The predicted molar refractivity (Wildman–Crippen MR) is 110 cm³/mol. The molecule has 3 rings (SSSR count). The quantitative estimate of drug-likeness (QED) is 0.544. The van der Waals surface area contributed by atoms with Gasteiger partial charge in [-0.3, -0.25) is 4.72 Å². The number of nitrogens with zero attached hydrogens (tertiary/aromatic N) is 1. The van der Waals surface area contributed by atoms with E-state index in [2.05, 4.69) is 4.72 Å². The highest BCUT2D eigenvalue weighted by molar-refractivity contribution is 7.92. The van der Waals surface area contributed by atoms with Gasteiger partial charge in [0.15, 0.2) is 0 Å². The van der Waals surface area contributed by atoms with Gasteiger partial charge < -0.3 is 9.64 Å². The average molecular weight is 504 g/mol. The van der Waals surface area contributed by atoms with E-state index in [-0.39, 0.29) is 25.7 Å². The van der Waals surface area contributed by atoms with Crippen LogP contribution in [0.3, 0.4) is 0 Å². The number of benzene rings is 2. The zero-order chi connectivity index (χ0) is 22.3. The Kier molecular flexibility index (Phi) is 6.69. The zero-order valence-corrected chi connectivity index (χ0v) is 18.5. The largest absolute Gasteiger partial charge is 0.488 e. The number of hydrogen-bond acceptors (Lipinski definition) is 4. The van der Waals surface area contributed by atoms with Crippen molar-refractivity contribution in [1.82, 2.24) is 4.90 Å². The van der Waals surface area contributed by atoms with Crippen molar-refractivity contribution in [3.63, 3.8) is 0 Å². The summed E-state index contributed by atoms with van der Waals surface area (Å²) in [6, 6.07) is 4.99. The lowest BCUT2D eigenvalue weighted by Crippen LogP contribution is -2.23. The summed E-state index contributed by atoms with van der Waals surface area (Å²) in [6.45, 7) is 1.15. The van der Waals surface area contributed by atoms with Gasteiger partial charge in [0.1, 0.15) is 16.7 Å². The Labute approximate surface area is 186 Å². The zero-order valence-electron chi connectivity index (χ0n) is 15.4. The minimum atomic E-state index is -4.66. The first kappa shape index (κ1) is 23.3. The standard InChI is InChI=1S/C18H16Cl3F3N2O3S/c1-26-5-4-11(9-26)29-16-6-10(2-3-12(16)18(22,23)24)25-30(27,28)17-8-14(20)13(19)7-15(17)21/h2-3,6-8,11,25H,4-5,9H2,1H3/t11-/m1/s1. The van der Waals surface area contributed by atoms with E-state index >= 15 is 0 Å². The van der Waals surface area contributed by atoms with E-state index in [1.54, 1.807) is 0 Å². The van der Waals surface area contributed by atoms with Crippen molar-refractivity contribution in [2.45, 2.75) is 23.6 Å². The molecule has 0 unspecified atom stereocenters. The topological polar surface area (TPSA) is 58.6 Å². The molecule has 0 bridgehead atoms. The smallest absolute Gasteiger partial charge is 0.419 e. The number of rotatable bonds is 5. The van der Waals surface area contributed by atoms with E-state index in [9.17, 15) is 21.6 Å². The molecule has 1 atom stereocenters. The molecule has 0 aromatic heterocycles. The summed E-state index contributed by atoms with van der Waals surface area (Å²) in [7, 11) is -2.42. The molecule has 0 radical (unpaired) electrons. The SMILES string of the molecule is CN1CC[C@@H](Oc2cc(NS(=O)(=O)c3cc(Cl)c(Cl)cc3Cl)ccc2C(F)(F)F)C1. The van der Waals surface area contributed by atoms with Crippen LogP contribution in [0.1, 0.15) is 12.0 Å². The molecule has 1 fully saturated rings. The summed E-state index contributed by atoms with van der Waals surface area (Å²) in [4.78, 5) is 1.56. The van der Waals surface area contributed by atoms with Crippen molar-refractivity contribution in [3.05, 3.63) is 51.0 Å². The third-order valence-electron chi connectivity index (χ3n) is 4.45. The number of anilines is 1. The summed E-state index contributed by atoms with van der Waals surface area (Å²) in [6.07, 6.45) is -4.54. The van der Waals surface area contributed by atoms with Gasteiger partial charge in [-0.15, -0.1) is 0 Å². The van der Waals surface area contributed by atoms with E-state index in [0.717, 1.165) is 30.3 Å². The number of sulfonamides is 1. The Morgan fingerprint density at radius 2 is 1.77 bits per heavy atom.